The van der Waals surface area contributed by atoms with Crippen molar-refractivity contribution >= 4 is 29.4 Å². The van der Waals surface area contributed by atoms with E-state index >= 15 is 0 Å². The molecular formula is C20H28N4O6. The zero-order valence-electron chi connectivity index (χ0n) is 16.9. The fourth-order valence-electron chi connectivity index (χ4n) is 3.02. The molecule has 1 aromatic rings. The van der Waals surface area contributed by atoms with Crippen LogP contribution < -0.4 is 0 Å². The smallest absolute Gasteiger partial charge is 0.335 e. The van der Waals surface area contributed by atoms with Gasteiger partial charge in [-0.15, -0.1) is 0 Å². The second-order valence-corrected chi connectivity index (χ2v) is 7.06. The first-order valence-electron chi connectivity index (χ1n) is 9.78. The van der Waals surface area contributed by atoms with E-state index in [-0.39, 0.29) is 0 Å². The van der Waals surface area contributed by atoms with Crippen molar-refractivity contribution in [1.29, 1.82) is 0 Å². The number of carbonyl (C=O) groups is 2. The number of aliphatic hydroxyl groups excluding tert-OH is 2. The van der Waals surface area contributed by atoms with Gasteiger partial charge in [-0.05, 0) is 31.4 Å². The predicted octanol–water partition coefficient (Wildman–Crippen LogP) is 0.771. The van der Waals surface area contributed by atoms with E-state index in [2.05, 4.69) is 16.8 Å². The van der Waals surface area contributed by atoms with Crippen LogP contribution >= 0.6 is 0 Å². The lowest BCUT2D eigenvalue weighted by atomic mass is 10.2. The van der Waals surface area contributed by atoms with Gasteiger partial charge in [0.1, 0.15) is 5.84 Å². The summed E-state index contributed by atoms with van der Waals surface area (Å²) in [4.78, 5) is 33.7. The highest BCUT2D eigenvalue weighted by Gasteiger charge is 2.29. The van der Waals surface area contributed by atoms with Crippen LogP contribution in [0.4, 0.5) is 5.69 Å². The molecule has 4 N–H and O–H groups in total. The van der Waals surface area contributed by atoms with Gasteiger partial charge in [-0.25, -0.2) is 14.6 Å². The minimum absolute atomic E-state index is 0.887. The summed E-state index contributed by atoms with van der Waals surface area (Å²) in [6.07, 6.45) is 0.227. The van der Waals surface area contributed by atoms with Crippen LogP contribution in [0.5, 0.6) is 0 Å². The van der Waals surface area contributed by atoms with Crippen molar-refractivity contribution in [3.05, 3.63) is 30.3 Å². The summed E-state index contributed by atoms with van der Waals surface area (Å²) in [6.45, 7) is 3.26. The maximum Gasteiger partial charge on any atom is 0.335 e. The van der Waals surface area contributed by atoms with Crippen molar-refractivity contribution < 1.29 is 30.0 Å². The first-order valence-corrected chi connectivity index (χ1v) is 9.78. The van der Waals surface area contributed by atoms with Gasteiger partial charge in [-0.3, -0.25) is 0 Å². The number of carboxylic acid groups (broad SMARTS) is 2. The Balaban J connectivity index is 0.000000274. The minimum Gasteiger partial charge on any atom is -0.479 e. The number of carboxylic acids is 2. The zero-order valence-corrected chi connectivity index (χ0v) is 16.9. The van der Waals surface area contributed by atoms with E-state index in [1.165, 1.54) is 25.1 Å². The fraction of sp³-hybridized carbons (Fsp3) is 0.500. The maximum absolute atomic E-state index is 9.77. The molecule has 0 aliphatic carbocycles. The number of hydrogen-bond acceptors (Lipinski definition) is 5. The number of aliphatic hydroxyl groups is 2. The average Bonchev–Trinajstić information content (AvgIpc) is 3.40. The molecule has 2 aliphatic heterocycles. The summed E-state index contributed by atoms with van der Waals surface area (Å²) in [5.41, 5.74) is 0.986. The largest absolute Gasteiger partial charge is 0.479 e. The van der Waals surface area contributed by atoms with Gasteiger partial charge in [0.2, 0.25) is 5.96 Å². The summed E-state index contributed by atoms with van der Waals surface area (Å²) >= 11 is 0. The molecule has 0 aromatic heterocycles. The molecule has 2 unspecified atom stereocenters. The van der Waals surface area contributed by atoms with Crippen LogP contribution in [0.3, 0.4) is 0 Å². The summed E-state index contributed by atoms with van der Waals surface area (Å²) in [7, 11) is 2.12. The van der Waals surface area contributed by atoms with Crippen LogP contribution in [0, 0.1) is 0 Å². The molecule has 3 rings (SSSR count). The number of nitrogens with zero attached hydrogens (tertiary/aromatic N) is 4. The van der Waals surface area contributed by atoms with Gasteiger partial charge in [-0.2, -0.15) is 4.99 Å². The lowest BCUT2D eigenvalue weighted by Crippen LogP contribution is -2.39. The van der Waals surface area contributed by atoms with Gasteiger partial charge >= 0.3 is 11.9 Å². The molecule has 1 aromatic carbocycles. The molecule has 2 fully saturated rings. The highest BCUT2D eigenvalue weighted by Crippen LogP contribution is 2.17. The molecular weight excluding hydrogens is 392 g/mol. The molecule has 2 saturated heterocycles. The van der Waals surface area contributed by atoms with Gasteiger partial charge in [0.05, 0.1) is 5.69 Å². The molecule has 164 valence electrons. The molecule has 10 nitrogen and oxygen atoms in total. The summed E-state index contributed by atoms with van der Waals surface area (Å²) in [5, 5.41) is 32.5. The van der Waals surface area contributed by atoms with Gasteiger partial charge in [0.25, 0.3) is 0 Å². The lowest BCUT2D eigenvalue weighted by Gasteiger charge is -2.19. The van der Waals surface area contributed by atoms with Crippen molar-refractivity contribution in [2.24, 2.45) is 9.98 Å². The molecule has 0 bridgehead atoms. The topological polar surface area (TPSA) is 146 Å². The van der Waals surface area contributed by atoms with E-state index in [0.717, 1.165) is 37.7 Å². The Morgan fingerprint density at radius 1 is 0.933 bits per heavy atom. The molecule has 2 atom stereocenters. The van der Waals surface area contributed by atoms with Crippen LogP contribution in [0.1, 0.15) is 25.7 Å². The van der Waals surface area contributed by atoms with Crippen molar-refractivity contribution in [3.8, 4) is 0 Å². The van der Waals surface area contributed by atoms with E-state index < -0.39 is 24.1 Å². The number of likely N-dealkylation sites (tertiary alicyclic amines) is 2. The number of rotatable bonds is 4. The van der Waals surface area contributed by atoms with E-state index in [1.807, 2.05) is 30.3 Å². The minimum atomic E-state index is -2.27. The Bertz CT molecular complexity index is 759. The molecule has 2 aliphatic rings. The van der Waals surface area contributed by atoms with Gasteiger partial charge in [0, 0.05) is 33.1 Å². The van der Waals surface area contributed by atoms with Crippen molar-refractivity contribution in [2.45, 2.75) is 37.9 Å². The van der Waals surface area contributed by atoms with E-state index in [1.54, 1.807) is 0 Å². The third-order valence-electron chi connectivity index (χ3n) is 4.74. The maximum atomic E-state index is 9.77. The number of amidine groups is 1. The quantitative estimate of drug-likeness (QED) is 0.413. The summed E-state index contributed by atoms with van der Waals surface area (Å²) < 4.78 is 0. The van der Waals surface area contributed by atoms with Crippen LogP contribution in [-0.2, 0) is 9.59 Å². The standard InChI is InChI=1S/C16H22N4.C4H6O6/c1-19-11-7-10-15(19)18-16(20-12-5-6-13-20)17-14-8-3-2-4-9-14;5-1(3(7)8)2(6)4(9)10/h2-4,8-9H,5-7,10-13H2,1H3;1-2,5-6H,(H,7,8)(H,9,10)/b17-16-,18-15+;. The molecule has 0 saturated carbocycles. The molecule has 10 heteroatoms. The Labute approximate surface area is 174 Å². The predicted molar refractivity (Wildman–Crippen MR) is 111 cm³/mol. The zero-order chi connectivity index (χ0) is 22.1. The van der Waals surface area contributed by atoms with Crippen LogP contribution in [-0.4, -0.2) is 92.8 Å². The van der Waals surface area contributed by atoms with Crippen LogP contribution in [0.2, 0.25) is 0 Å². The Kier molecular flexibility index (Phi) is 8.75. The number of benzene rings is 1. The molecule has 0 amide bonds. The highest BCUT2D eigenvalue weighted by atomic mass is 16.4. The second-order valence-electron chi connectivity index (χ2n) is 7.06. The highest BCUT2D eigenvalue weighted by molar-refractivity contribution is 5.97. The lowest BCUT2D eigenvalue weighted by molar-refractivity contribution is -0.165. The number of guanidine groups is 1. The summed E-state index contributed by atoms with van der Waals surface area (Å²) in [5.74, 6) is -1.48. The summed E-state index contributed by atoms with van der Waals surface area (Å²) in [6, 6.07) is 10.1. The number of para-hydroxylation sites is 1. The molecule has 0 radical (unpaired) electrons. The van der Waals surface area contributed by atoms with Crippen LogP contribution in [0.25, 0.3) is 0 Å². The average molecular weight is 420 g/mol. The Morgan fingerprint density at radius 2 is 1.50 bits per heavy atom. The van der Waals surface area contributed by atoms with Gasteiger partial charge in [-0.1, -0.05) is 18.2 Å². The van der Waals surface area contributed by atoms with Crippen LogP contribution in [0.15, 0.2) is 40.3 Å². The Morgan fingerprint density at radius 3 is 1.97 bits per heavy atom. The number of aliphatic imine (C=N–C) groups is 2. The third-order valence-corrected chi connectivity index (χ3v) is 4.74. The van der Waals surface area contributed by atoms with Crippen molar-refractivity contribution in [3.63, 3.8) is 0 Å². The van der Waals surface area contributed by atoms with Crippen molar-refractivity contribution in [1.82, 2.24) is 9.80 Å². The first-order chi connectivity index (χ1) is 14.3. The molecule has 0 spiro atoms. The third kappa shape index (κ3) is 6.82. The second kappa shape index (κ2) is 11.3. The SMILES string of the molecule is CN1CCC/C1=N\C(=N\c1ccccc1)N1CCCC1.O=C(O)C(O)C(O)C(=O)O. The molecule has 2 heterocycles. The monoisotopic (exact) mass is 420 g/mol. The van der Waals surface area contributed by atoms with Crippen molar-refractivity contribution in [2.75, 3.05) is 26.7 Å². The normalized spacial score (nSPS) is 20.0. The number of aliphatic carboxylic acids is 2. The molecule has 30 heavy (non-hydrogen) atoms. The van der Waals surface area contributed by atoms with E-state index in [9.17, 15) is 9.59 Å². The first kappa shape index (κ1) is 23.3. The van der Waals surface area contributed by atoms with E-state index in [4.69, 9.17) is 30.4 Å². The van der Waals surface area contributed by atoms with Gasteiger partial charge in [0.15, 0.2) is 12.2 Å². The Hall–Kier alpha value is -2.98. The van der Waals surface area contributed by atoms with Gasteiger partial charge < -0.3 is 30.2 Å². The number of hydrogen-bond donors (Lipinski definition) is 4. The van der Waals surface area contributed by atoms with E-state index in [0.29, 0.717) is 0 Å². The fourth-order valence-corrected chi connectivity index (χ4v) is 3.02.